The predicted octanol–water partition coefficient (Wildman–Crippen LogP) is 3.44. The van der Waals surface area contributed by atoms with E-state index in [-0.39, 0.29) is 16.7 Å². The molecule has 1 aromatic rings. The zero-order valence-electron chi connectivity index (χ0n) is 10.8. The Morgan fingerprint density at radius 1 is 1.42 bits per heavy atom. The minimum atomic E-state index is -2.95. The van der Waals surface area contributed by atoms with Crippen molar-refractivity contribution in [2.24, 2.45) is 5.41 Å². The fraction of sp³-hybridized carbons (Fsp3) is 0.462. The van der Waals surface area contributed by atoms with Gasteiger partial charge in [-0.2, -0.15) is 8.78 Å². The number of carbonyl (C=O) groups excluding carboxylic acids is 1. The van der Waals surface area contributed by atoms with E-state index in [4.69, 9.17) is 0 Å². The standard InChI is InChI=1S/C13H16BrF2NO2/c1-13(2,7-14)8-17-11(18)9-5-3-4-6-10(9)19-12(15)16/h3-6,12H,7-8H2,1-2H3,(H,17,18). The summed E-state index contributed by atoms with van der Waals surface area (Å²) in [5.41, 5.74) is -0.0121. The molecular formula is C13H16BrF2NO2. The average molecular weight is 336 g/mol. The number of para-hydroxylation sites is 1. The number of nitrogens with one attached hydrogen (secondary N) is 1. The van der Waals surface area contributed by atoms with Crippen molar-refractivity contribution in [2.75, 3.05) is 11.9 Å². The van der Waals surface area contributed by atoms with Crippen molar-refractivity contribution in [2.45, 2.75) is 20.5 Å². The molecule has 0 saturated carbocycles. The van der Waals surface area contributed by atoms with E-state index < -0.39 is 12.5 Å². The maximum Gasteiger partial charge on any atom is 0.387 e. The fourth-order valence-electron chi connectivity index (χ4n) is 1.31. The Morgan fingerprint density at radius 2 is 2.05 bits per heavy atom. The zero-order chi connectivity index (χ0) is 14.5. The van der Waals surface area contributed by atoms with Gasteiger partial charge in [-0.3, -0.25) is 4.79 Å². The minimum Gasteiger partial charge on any atom is -0.434 e. The van der Waals surface area contributed by atoms with Crippen LogP contribution >= 0.6 is 15.9 Å². The van der Waals surface area contributed by atoms with Crippen LogP contribution in [0.2, 0.25) is 0 Å². The van der Waals surface area contributed by atoms with Gasteiger partial charge in [0.1, 0.15) is 5.75 Å². The lowest BCUT2D eigenvalue weighted by Gasteiger charge is -2.22. The number of hydrogen-bond donors (Lipinski definition) is 1. The molecule has 0 aliphatic rings. The molecule has 0 aliphatic heterocycles. The molecule has 3 nitrogen and oxygen atoms in total. The number of amides is 1. The number of ether oxygens (including phenoxy) is 1. The van der Waals surface area contributed by atoms with E-state index in [2.05, 4.69) is 26.0 Å². The molecule has 0 aliphatic carbocycles. The van der Waals surface area contributed by atoms with Crippen LogP contribution in [0.25, 0.3) is 0 Å². The van der Waals surface area contributed by atoms with Crippen molar-refractivity contribution in [1.29, 1.82) is 0 Å². The molecule has 19 heavy (non-hydrogen) atoms. The average Bonchev–Trinajstić information content (AvgIpc) is 2.36. The quantitative estimate of drug-likeness (QED) is 0.808. The Bertz CT molecular complexity index is 438. The van der Waals surface area contributed by atoms with Crippen molar-refractivity contribution in [1.82, 2.24) is 5.32 Å². The molecule has 1 amide bonds. The van der Waals surface area contributed by atoms with Gasteiger partial charge in [0.05, 0.1) is 5.56 Å². The molecule has 0 aromatic heterocycles. The highest BCUT2D eigenvalue weighted by Gasteiger charge is 2.20. The van der Waals surface area contributed by atoms with Crippen molar-refractivity contribution in [3.63, 3.8) is 0 Å². The van der Waals surface area contributed by atoms with E-state index >= 15 is 0 Å². The maximum atomic E-state index is 12.2. The van der Waals surface area contributed by atoms with Crippen LogP contribution in [0.1, 0.15) is 24.2 Å². The van der Waals surface area contributed by atoms with E-state index in [1.165, 1.54) is 18.2 Å². The molecule has 1 rings (SSSR count). The van der Waals surface area contributed by atoms with Crippen molar-refractivity contribution >= 4 is 21.8 Å². The lowest BCUT2D eigenvalue weighted by atomic mass is 9.97. The second kappa shape index (κ2) is 6.84. The largest absolute Gasteiger partial charge is 0.434 e. The molecule has 0 saturated heterocycles. The molecule has 0 atom stereocenters. The molecule has 0 spiro atoms. The van der Waals surface area contributed by atoms with Crippen LogP contribution in [-0.2, 0) is 0 Å². The SMILES string of the molecule is CC(C)(CBr)CNC(=O)c1ccccc1OC(F)F. The number of alkyl halides is 3. The monoisotopic (exact) mass is 335 g/mol. The van der Waals surface area contributed by atoms with E-state index in [0.29, 0.717) is 6.54 Å². The van der Waals surface area contributed by atoms with Crippen LogP contribution in [0.3, 0.4) is 0 Å². The summed E-state index contributed by atoms with van der Waals surface area (Å²) in [6, 6.07) is 5.94. The Morgan fingerprint density at radius 3 is 2.63 bits per heavy atom. The highest BCUT2D eigenvalue weighted by molar-refractivity contribution is 9.09. The highest BCUT2D eigenvalue weighted by Crippen LogP contribution is 2.21. The van der Waals surface area contributed by atoms with E-state index in [1.807, 2.05) is 13.8 Å². The lowest BCUT2D eigenvalue weighted by molar-refractivity contribution is -0.0501. The second-order valence-electron chi connectivity index (χ2n) is 4.86. The van der Waals surface area contributed by atoms with Crippen LogP contribution in [0, 0.1) is 5.41 Å². The molecule has 0 fully saturated rings. The molecule has 6 heteroatoms. The molecule has 0 heterocycles. The van der Waals surface area contributed by atoms with Crippen LogP contribution < -0.4 is 10.1 Å². The summed E-state index contributed by atoms with van der Waals surface area (Å²) in [6.45, 7) is 1.43. The summed E-state index contributed by atoms with van der Waals surface area (Å²) in [6.07, 6.45) is 0. The number of hydrogen-bond acceptors (Lipinski definition) is 2. The van der Waals surface area contributed by atoms with Crippen LogP contribution in [0.5, 0.6) is 5.75 Å². The summed E-state index contributed by atoms with van der Waals surface area (Å²) >= 11 is 3.35. The van der Waals surface area contributed by atoms with Gasteiger partial charge in [0, 0.05) is 11.9 Å². The minimum absolute atomic E-state index is 0.105. The van der Waals surface area contributed by atoms with Gasteiger partial charge in [0.15, 0.2) is 0 Å². The first-order valence-electron chi connectivity index (χ1n) is 5.74. The maximum absolute atomic E-state index is 12.2. The van der Waals surface area contributed by atoms with Crippen LogP contribution in [0.4, 0.5) is 8.78 Å². The van der Waals surface area contributed by atoms with Gasteiger partial charge in [-0.05, 0) is 17.5 Å². The van der Waals surface area contributed by atoms with Crippen molar-refractivity contribution < 1.29 is 18.3 Å². The van der Waals surface area contributed by atoms with Gasteiger partial charge in [-0.1, -0.05) is 41.9 Å². The van der Waals surface area contributed by atoms with Crippen molar-refractivity contribution in [3.05, 3.63) is 29.8 Å². The zero-order valence-corrected chi connectivity index (χ0v) is 12.3. The second-order valence-corrected chi connectivity index (χ2v) is 5.42. The first-order chi connectivity index (χ1) is 8.85. The van der Waals surface area contributed by atoms with Gasteiger partial charge >= 0.3 is 6.61 Å². The number of rotatable bonds is 6. The number of halogens is 3. The van der Waals surface area contributed by atoms with E-state index in [0.717, 1.165) is 5.33 Å². The number of benzene rings is 1. The van der Waals surface area contributed by atoms with Gasteiger partial charge in [0.25, 0.3) is 5.91 Å². The Kier molecular flexibility index (Phi) is 5.72. The number of carbonyl (C=O) groups is 1. The molecular weight excluding hydrogens is 320 g/mol. The lowest BCUT2D eigenvalue weighted by Crippen LogP contribution is -2.35. The Hall–Kier alpha value is -1.17. The van der Waals surface area contributed by atoms with E-state index in [9.17, 15) is 13.6 Å². The fourth-order valence-corrected chi connectivity index (χ4v) is 1.51. The van der Waals surface area contributed by atoms with Crippen LogP contribution in [0.15, 0.2) is 24.3 Å². The molecule has 0 unspecified atom stereocenters. The van der Waals surface area contributed by atoms with Gasteiger partial charge in [-0.25, -0.2) is 0 Å². The topological polar surface area (TPSA) is 38.3 Å². The summed E-state index contributed by atoms with van der Waals surface area (Å²) in [7, 11) is 0. The van der Waals surface area contributed by atoms with E-state index in [1.54, 1.807) is 6.07 Å². The van der Waals surface area contributed by atoms with Crippen molar-refractivity contribution in [3.8, 4) is 5.75 Å². The normalized spacial score (nSPS) is 11.5. The third kappa shape index (κ3) is 5.14. The third-order valence-electron chi connectivity index (χ3n) is 2.44. The third-order valence-corrected chi connectivity index (χ3v) is 3.95. The molecule has 106 valence electrons. The summed E-state index contributed by atoms with van der Waals surface area (Å²) < 4.78 is 28.8. The summed E-state index contributed by atoms with van der Waals surface area (Å²) in [5, 5.41) is 3.43. The summed E-state index contributed by atoms with van der Waals surface area (Å²) in [5.74, 6) is -0.545. The molecule has 0 radical (unpaired) electrons. The highest BCUT2D eigenvalue weighted by atomic mass is 79.9. The van der Waals surface area contributed by atoms with Crippen LogP contribution in [-0.4, -0.2) is 24.4 Å². The van der Waals surface area contributed by atoms with Gasteiger partial charge in [0.2, 0.25) is 0 Å². The molecule has 1 N–H and O–H groups in total. The van der Waals surface area contributed by atoms with Gasteiger partial charge < -0.3 is 10.1 Å². The molecule has 1 aromatic carbocycles. The first kappa shape index (κ1) is 15.9. The Balaban J connectivity index is 2.77. The summed E-state index contributed by atoms with van der Waals surface area (Å²) in [4.78, 5) is 12.0. The smallest absolute Gasteiger partial charge is 0.387 e. The predicted molar refractivity (Wildman–Crippen MR) is 73.0 cm³/mol. The first-order valence-corrected chi connectivity index (χ1v) is 6.86. The van der Waals surface area contributed by atoms with Gasteiger partial charge in [-0.15, -0.1) is 0 Å². The molecule has 0 bridgehead atoms. The Labute approximate surface area is 119 Å².